The number of rotatable bonds is 6. The maximum Gasteiger partial charge on any atom is 0.324 e. The lowest BCUT2D eigenvalue weighted by molar-refractivity contribution is -0.143. The molecule has 0 fully saturated rings. The summed E-state index contributed by atoms with van der Waals surface area (Å²) in [5.74, 6) is -0.878. The summed E-state index contributed by atoms with van der Waals surface area (Å²) >= 11 is 11.7. The molecule has 0 aromatic heterocycles. The Morgan fingerprint density at radius 3 is 2.52 bits per heavy atom. The largest absolute Gasteiger partial charge is 0.468 e. The molecule has 1 rings (SSSR count). The highest BCUT2D eigenvalue weighted by molar-refractivity contribution is 7.89. The van der Waals surface area contributed by atoms with Crippen molar-refractivity contribution in [3.63, 3.8) is 0 Å². The number of carbonyl (C=O) groups excluding carboxylic acids is 1. The van der Waals surface area contributed by atoms with Crippen LogP contribution in [0.15, 0.2) is 23.1 Å². The molecule has 1 aromatic rings. The van der Waals surface area contributed by atoms with E-state index in [-0.39, 0.29) is 20.9 Å². The summed E-state index contributed by atoms with van der Waals surface area (Å²) in [6.45, 7) is 3.60. The smallest absolute Gasteiger partial charge is 0.324 e. The molecule has 8 heteroatoms. The SMILES string of the molecule is CC[C@@H](C)[C@H](NS(=O)(=O)c1cc(Cl)ccc1Cl)C(=O)OC. The van der Waals surface area contributed by atoms with Crippen LogP contribution in [-0.2, 0) is 19.6 Å². The zero-order valence-corrected chi connectivity index (χ0v) is 14.2. The predicted molar refractivity (Wildman–Crippen MR) is 82.0 cm³/mol. The number of esters is 1. The molecule has 0 spiro atoms. The summed E-state index contributed by atoms with van der Waals surface area (Å²) in [5, 5.41) is 0.262. The van der Waals surface area contributed by atoms with Gasteiger partial charge in [-0.05, 0) is 24.1 Å². The van der Waals surface area contributed by atoms with E-state index in [0.29, 0.717) is 6.42 Å². The zero-order valence-electron chi connectivity index (χ0n) is 11.9. The molecule has 2 atom stereocenters. The molecule has 0 radical (unpaired) electrons. The van der Waals surface area contributed by atoms with Crippen molar-refractivity contribution in [1.82, 2.24) is 4.72 Å². The molecule has 5 nitrogen and oxygen atoms in total. The van der Waals surface area contributed by atoms with Gasteiger partial charge in [0.25, 0.3) is 0 Å². The Kier molecular flexibility index (Phi) is 6.46. The van der Waals surface area contributed by atoms with E-state index in [2.05, 4.69) is 9.46 Å². The molecular weight excluding hydrogens is 337 g/mol. The number of hydrogen-bond donors (Lipinski definition) is 1. The molecule has 0 aliphatic heterocycles. The first kappa shape index (κ1) is 18.2. The van der Waals surface area contributed by atoms with E-state index in [1.54, 1.807) is 6.92 Å². The second-order valence-corrected chi connectivity index (χ2v) is 7.11. The van der Waals surface area contributed by atoms with Gasteiger partial charge in [-0.15, -0.1) is 0 Å². The lowest BCUT2D eigenvalue weighted by Gasteiger charge is -2.22. The molecule has 0 saturated carbocycles. The van der Waals surface area contributed by atoms with Crippen molar-refractivity contribution in [2.45, 2.75) is 31.2 Å². The van der Waals surface area contributed by atoms with E-state index in [1.807, 2.05) is 6.92 Å². The number of hydrogen-bond acceptors (Lipinski definition) is 4. The van der Waals surface area contributed by atoms with Gasteiger partial charge >= 0.3 is 5.97 Å². The zero-order chi connectivity index (χ0) is 16.2. The van der Waals surface area contributed by atoms with E-state index >= 15 is 0 Å². The minimum atomic E-state index is -3.99. The van der Waals surface area contributed by atoms with Crippen molar-refractivity contribution in [3.8, 4) is 0 Å². The molecule has 21 heavy (non-hydrogen) atoms. The van der Waals surface area contributed by atoms with Gasteiger partial charge in [0.2, 0.25) is 10.0 Å². The number of benzene rings is 1. The monoisotopic (exact) mass is 353 g/mol. The first-order chi connectivity index (χ1) is 9.72. The molecule has 118 valence electrons. The highest BCUT2D eigenvalue weighted by Gasteiger charge is 2.31. The summed E-state index contributed by atoms with van der Waals surface area (Å²) in [6, 6.07) is 3.11. The first-order valence-corrected chi connectivity index (χ1v) is 8.52. The predicted octanol–water partition coefficient (Wildman–Crippen LogP) is 2.86. The fraction of sp³-hybridized carbons (Fsp3) is 0.462. The second-order valence-electron chi connectivity index (χ2n) is 4.58. The highest BCUT2D eigenvalue weighted by atomic mass is 35.5. The number of nitrogens with one attached hydrogen (secondary N) is 1. The van der Waals surface area contributed by atoms with Crippen molar-refractivity contribution in [2.24, 2.45) is 5.92 Å². The lowest BCUT2D eigenvalue weighted by Crippen LogP contribution is -2.45. The van der Waals surface area contributed by atoms with Crippen molar-refractivity contribution in [3.05, 3.63) is 28.2 Å². The Labute approximate surface area is 134 Å². The summed E-state index contributed by atoms with van der Waals surface area (Å²) < 4.78 is 31.8. The first-order valence-electron chi connectivity index (χ1n) is 6.28. The Morgan fingerprint density at radius 2 is 2.00 bits per heavy atom. The van der Waals surface area contributed by atoms with Crippen molar-refractivity contribution in [1.29, 1.82) is 0 Å². The number of halogens is 2. The standard InChI is InChI=1S/C13H17Cl2NO4S/c1-4-8(2)12(13(17)20-3)16-21(18,19)11-7-9(14)5-6-10(11)15/h5-8,12,16H,4H2,1-3H3/t8-,12+/m1/s1. The van der Waals surface area contributed by atoms with Gasteiger partial charge in [-0.2, -0.15) is 4.72 Å². The third kappa shape index (κ3) is 4.57. The van der Waals surface area contributed by atoms with Crippen LogP contribution in [0.2, 0.25) is 10.0 Å². The fourth-order valence-electron chi connectivity index (χ4n) is 1.67. The fourth-order valence-corrected chi connectivity index (χ4v) is 3.73. The average molecular weight is 354 g/mol. The molecule has 0 bridgehead atoms. The van der Waals surface area contributed by atoms with Crippen LogP contribution in [0.1, 0.15) is 20.3 Å². The van der Waals surface area contributed by atoms with Crippen molar-refractivity contribution < 1.29 is 17.9 Å². The summed E-state index contributed by atoms with van der Waals surface area (Å²) in [4.78, 5) is 11.6. The number of ether oxygens (including phenoxy) is 1. The highest BCUT2D eigenvalue weighted by Crippen LogP contribution is 2.25. The van der Waals surface area contributed by atoms with Gasteiger partial charge in [-0.3, -0.25) is 4.79 Å². The number of methoxy groups -OCH3 is 1. The van der Waals surface area contributed by atoms with Gasteiger partial charge in [0.15, 0.2) is 0 Å². The second kappa shape index (κ2) is 7.45. The molecule has 0 amide bonds. The van der Waals surface area contributed by atoms with E-state index in [0.717, 1.165) is 0 Å². The summed E-state index contributed by atoms with van der Waals surface area (Å²) in [5.41, 5.74) is 0. The molecule has 0 aliphatic rings. The van der Waals surface area contributed by atoms with E-state index in [1.165, 1.54) is 25.3 Å². The molecular formula is C13H17Cl2NO4S. The topological polar surface area (TPSA) is 72.5 Å². The van der Waals surface area contributed by atoms with Gasteiger partial charge in [-0.1, -0.05) is 43.5 Å². The van der Waals surface area contributed by atoms with E-state index < -0.39 is 22.0 Å². The van der Waals surface area contributed by atoms with E-state index in [4.69, 9.17) is 23.2 Å². The van der Waals surface area contributed by atoms with E-state index in [9.17, 15) is 13.2 Å². The molecule has 0 heterocycles. The minimum Gasteiger partial charge on any atom is -0.468 e. The normalized spacial score (nSPS) is 14.5. The van der Waals surface area contributed by atoms with Crippen LogP contribution >= 0.6 is 23.2 Å². The maximum absolute atomic E-state index is 12.4. The van der Waals surface area contributed by atoms with Gasteiger partial charge in [0.1, 0.15) is 10.9 Å². The van der Waals surface area contributed by atoms with Crippen LogP contribution in [0.25, 0.3) is 0 Å². The molecule has 0 unspecified atom stereocenters. The van der Waals surface area contributed by atoms with Crippen LogP contribution in [0.4, 0.5) is 0 Å². The third-order valence-corrected chi connectivity index (χ3v) is 5.29. The third-order valence-electron chi connectivity index (χ3n) is 3.13. The molecule has 1 N–H and O–H groups in total. The average Bonchev–Trinajstić information content (AvgIpc) is 2.45. The van der Waals surface area contributed by atoms with Crippen LogP contribution in [0.3, 0.4) is 0 Å². The summed E-state index contributed by atoms with van der Waals surface area (Å²) in [6.07, 6.45) is 0.603. The molecule has 1 aromatic carbocycles. The Hall–Kier alpha value is -0.820. The van der Waals surface area contributed by atoms with Crippen molar-refractivity contribution in [2.75, 3.05) is 7.11 Å². The number of sulfonamides is 1. The van der Waals surface area contributed by atoms with Gasteiger partial charge < -0.3 is 4.74 Å². The van der Waals surface area contributed by atoms with Crippen LogP contribution < -0.4 is 4.72 Å². The van der Waals surface area contributed by atoms with Gasteiger partial charge in [0, 0.05) is 5.02 Å². The van der Waals surface area contributed by atoms with Crippen LogP contribution in [-0.4, -0.2) is 27.5 Å². The minimum absolute atomic E-state index is 0.0275. The quantitative estimate of drug-likeness (QED) is 0.798. The van der Waals surface area contributed by atoms with Gasteiger partial charge in [-0.25, -0.2) is 8.42 Å². The van der Waals surface area contributed by atoms with Crippen LogP contribution in [0, 0.1) is 5.92 Å². The molecule has 0 saturated heterocycles. The summed E-state index contributed by atoms with van der Waals surface area (Å²) in [7, 11) is -2.78. The maximum atomic E-state index is 12.4. The Bertz CT molecular complexity index is 619. The van der Waals surface area contributed by atoms with Crippen molar-refractivity contribution >= 4 is 39.2 Å². The molecule has 0 aliphatic carbocycles. The lowest BCUT2D eigenvalue weighted by atomic mass is 10.0. The van der Waals surface area contributed by atoms with Gasteiger partial charge in [0.05, 0.1) is 12.1 Å². The number of carbonyl (C=O) groups is 1. The Morgan fingerprint density at radius 1 is 1.38 bits per heavy atom. The Balaban J connectivity index is 3.17. The van der Waals surface area contributed by atoms with Crippen LogP contribution in [0.5, 0.6) is 0 Å².